The molecule has 0 nitrogen and oxygen atoms in total. The number of allylic oxidation sites excluding steroid dienone is 2. The zero-order chi connectivity index (χ0) is 6.41. The average molecular weight is 224 g/mol. The second kappa shape index (κ2) is 5.60. The Morgan fingerprint density at radius 1 is 1.50 bits per heavy atom. The lowest BCUT2D eigenvalue weighted by Gasteiger charge is -1.91. The minimum absolute atomic E-state index is 1.18. The predicted molar refractivity (Wildman–Crippen MR) is 47.3 cm³/mol. The van der Waals surface area contributed by atoms with Crippen LogP contribution < -0.4 is 0 Å². The summed E-state index contributed by atoms with van der Waals surface area (Å²) in [5.41, 5.74) is 0. The molecule has 0 aromatic carbocycles. The number of hydrogen-bond donors (Lipinski definition) is 0. The fraction of sp³-hybridized carbons (Fsp3) is 0.714. The third-order valence-corrected chi connectivity index (χ3v) is 1.89. The molecule has 48 valence electrons. The zero-order valence-electron chi connectivity index (χ0n) is 5.58. The molecule has 0 radical (unpaired) electrons. The summed E-state index contributed by atoms with van der Waals surface area (Å²) in [5, 5.41) is 0. The lowest BCUT2D eigenvalue weighted by atomic mass is 10.3. The van der Waals surface area contributed by atoms with Crippen molar-refractivity contribution in [3.8, 4) is 0 Å². The standard InChI is InChI=1S/C7H13I/c1-3-5-7(8)6-4-2/h5H,3-4,6H2,1-2H3/b7-5+. The summed E-state index contributed by atoms with van der Waals surface area (Å²) in [4.78, 5) is 0. The lowest BCUT2D eigenvalue weighted by molar-refractivity contribution is 0.946. The van der Waals surface area contributed by atoms with E-state index in [1.54, 1.807) is 0 Å². The normalized spacial score (nSPS) is 12.1. The van der Waals surface area contributed by atoms with Crippen molar-refractivity contribution in [3.63, 3.8) is 0 Å². The van der Waals surface area contributed by atoms with Crippen LogP contribution in [0, 0.1) is 0 Å². The fourth-order valence-corrected chi connectivity index (χ4v) is 1.54. The van der Waals surface area contributed by atoms with E-state index in [4.69, 9.17) is 0 Å². The monoisotopic (exact) mass is 224 g/mol. The Hall–Kier alpha value is 0.470. The van der Waals surface area contributed by atoms with Gasteiger partial charge in [-0.1, -0.05) is 26.3 Å². The first kappa shape index (κ1) is 8.47. The Bertz CT molecular complexity index is 74.5. The maximum absolute atomic E-state index is 2.40. The summed E-state index contributed by atoms with van der Waals surface area (Å²) in [6.07, 6.45) is 5.99. The maximum atomic E-state index is 2.40. The molecule has 0 amide bonds. The average Bonchev–Trinajstić information content (AvgIpc) is 1.68. The number of hydrogen-bond acceptors (Lipinski definition) is 0. The van der Waals surface area contributed by atoms with Crippen molar-refractivity contribution in [2.24, 2.45) is 0 Å². The molecule has 0 aliphatic heterocycles. The van der Waals surface area contributed by atoms with Gasteiger partial charge in [0.2, 0.25) is 0 Å². The van der Waals surface area contributed by atoms with E-state index >= 15 is 0 Å². The molecule has 0 heterocycles. The Labute approximate surface area is 65.5 Å². The van der Waals surface area contributed by atoms with Crippen LogP contribution in [0.25, 0.3) is 0 Å². The lowest BCUT2D eigenvalue weighted by Crippen LogP contribution is -1.68. The third kappa shape index (κ3) is 4.62. The van der Waals surface area contributed by atoms with Gasteiger partial charge in [-0.2, -0.15) is 0 Å². The first-order valence-corrected chi connectivity index (χ1v) is 4.23. The van der Waals surface area contributed by atoms with Crippen LogP contribution in [0.4, 0.5) is 0 Å². The van der Waals surface area contributed by atoms with Gasteiger partial charge < -0.3 is 0 Å². The Morgan fingerprint density at radius 2 is 2.12 bits per heavy atom. The molecule has 0 unspecified atom stereocenters. The maximum Gasteiger partial charge on any atom is -0.0134 e. The molecule has 0 spiro atoms. The van der Waals surface area contributed by atoms with Crippen molar-refractivity contribution in [1.29, 1.82) is 0 Å². The molecule has 0 aliphatic carbocycles. The summed E-state index contributed by atoms with van der Waals surface area (Å²) >= 11 is 2.40. The van der Waals surface area contributed by atoms with Crippen molar-refractivity contribution < 1.29 is 0 Å². The molecule has 0 aromatic heterocycles. The van der Waals surface area contributed by atoms with Crippen molar-refractivity contribution in [2.75, 3.05) is 0 Å². The van der Waals surface area contributed by atoms with Gasteiger partial charge >= 0.3 is 0 Å². The number of rotatable bonds is 3. The van der Waals surface area contributed by atoms with E-state index in [9.17, 15) is 0 Å². The van der Waals surface area contributed by atoms with Gasteiger partial charge in [0.15, 0.2) is 0 Å². The molecular weight excluding hydrogens is 211 g/mol. The van der Waals surface area contributed by atoms with E-state index in [0.717, 1.165) is 0 Å². The highest BCUT2D eigenvalue weighted by Gasteiger charge is 1.84. The van der Waals surface area contributed by atoms with Crippen LogP contribution in [0.2, 0.25) is 0 Å². The van der Waals surface area contributed by atoms with Crippen molar-refractivity contribution in [1.82, 2.24) is 0 Å². The van der Waals surface area contributed by atoms with E-state index in [0.29, 0.717) is 0 Å². The van der Waals surface area contributed by atoms with Gasteiger partial charge in [-0.15, -0.1) is 0 Å². The minimum atomic E-state index is 1.18. The molecule has 0 saturated carbocycles. The van der Waals surface area contributed by atoms with Gasteiger partial charge in [-0.3, -0.25) is 0 Å². The second-order valence-corrected chi connectivity index (χ2v) is 3.19. The first-order chi connectivity index (χ1) is 3.81. The van der Waals surface area contributed by atoms with E-state index < -0.39 is 0 Å². The molecule has 0 bridgehead atoms. The zero-order valence-corrected chi connectivity index (χ0v) is 7.73. The Morgan fingerprint density at radius 3 is 2.50 bits per heavy atom. The Balaban J connectivity index is 3.29. The molecule has 1 heteroatoms. The molecule has 0 N–H and O–H groups in total. The molecule has 8 heavy (non-hydrogen) atoms. The van der Waals surface area contributed by atoms with Gasteiger partial charge in [-0.25, -0.2) is 0 Å². The smallest absolute Gasteiger partial charge is 0.0134 e. The van der Waals surface area contributed by atoms with Gasteiger partial charge in [0.1, 0.15) is 0 Å². The molecule has 0 aliphatic rings. The van der Waals surface area contributed by atoms with Crippen LogP contribution in [0.3, 0.4) is 0 Å². The third-order valence-electron chi connectivity index (χ3n) is 0.914. The predicted octanol–water partition coefficient (Wildman–Crippen LogP) is 3.52. The number of halogens is 1. The first-order valence-electron chi connectivity index (χ1n) is 3.15. The summed E-state index contributed by atoms with van der Waals surface area (Å²) in [7, 11) is 0. The van der Waals surface area contributed by atoms with Crippen LogP contribution >= 0.6 is 22.6 Å². The van der Waals surface area contributed by atoms with Crippen LogP contribution in [0.5, 0.6) is 0 Å². The largest absolute Gasteiger partial charge is 0.0755 e. The topological polar surface area (TPSA) is 0 Å². The van der Waals surface area contributed by atoms with Crippen molar-refractivity contribution in [2.45, 2.75) is 33.1 Å². The molecule has 0 rings (SSSR count). The Kier molecular flexibility index (Phi) is 5.93. The van der Waals surface area contributed by atoms with Gasteiger partial charge in [-0.05, 0) is 39.0 Å². The molecular formula is C7H13I. The molecule has 0 fully saturated rings. The fourth-order valence-electron chi connectivity index (χ4n) is 0.562. The van der Waals surface area contributed by atoms with E-state index in [2.05, 4.69) is 42.5 Å². The van der Waals surface area contributed by atoms with Crippen LogP contribution in [0.1, 0.15) is 33.1 Å². The highest BCUT2D eigenvalue weighted by molar-refractivity contribution is 14.1. The SMILES string of the molecule is CC/C=C(/I)CCC. The van der Waals surface area contributed by atoms with Gasteiger partial charge in [0.05, 0.1) is 0 Å². The summed E-state index contributed by atoms with van der Waals surface area (Å²) in [5.74, 6) is 0. The van der Waals surface area contributed by atoms with E-state index in [1.165, 1.54) is 22.8 Å². The van der Waals surface area contributed by atoms with E-state index in [1.807, 2.05) is 0 Å². The summed E-state index contributed by atoms with van der Waals surface area (Å²) < 4.78 is 1.51. The molecule has 0 atom stereocenters. The summed E-state index contributed by atoms with van der Waals surface area (Å²) in [6, 6.07) is 0. The van der Waals surface area contributed by atoms with Crippen LogP contribution in [-0.4, -0.2) is 0 Å². The quantitative estimate of drug-likeness (QED) is 0.643. The highest BCUT2D eigenvalue weighted by atomic mass is 127. The van der Waals surface area contributed by atoms with Crippen molar-refractivity contribution >= 4 is 22.6 Å². The van der Waals surface area contributed by atoms with Crippen LogP contribution in [-0.2, 0) is 0 Å². The molecule has 0 aromatic rings. The van der Waals surface area contributed by atoms with E-state index in [-0.39, 0.29) is 0 Å². The summed E-state index contributed by atoms with van der Waals surface area (Å²) in [6.45, 7) is 4.39. The highest BCUT2D eigenvalue weighted by Crippen LogP contribution is 2.13. The van der Waals surface area contributed by atoms with Crippen LogP contribution in [0.15, 0.2) is 9.66 Å². The van der Waals surface area contributed by atoms with Gasteiger partial charge in [0, 0.05) is 0 Å². The minimum Gasteiger partial charge on any atom is -0.0755 e. The molecule has 0 saturated heterocycles. The van der Waals surface area contributed by atoms with Crippen molar-refractivity contribution in [3.05, 3.63) is 9.66 Å². The second-order valence-electron chi connectivity index (χ2n) is 1.81. The van der Waals surface area contributed by atoms with Gasteiger partial charge in [0.25, 0.3) is 0 Å².